The monoisotopic (exact) mass is 264 g/mol. The number of hydrogen-bond donors (Lipinski definition) is 2. The molecule has 6 heteroatoms. The van der Waals surface area contributed by atoms with Crippen LogP contribution in [0.1, 0.15) is 18.5 Å². The summed E-state index contributed by atoms with van der Waals surface area (Å²) in [5, 5.41) is 11.7. The molecule has 0 bridgehead atoms. The van der Waals surface area contributed by atoms with Gasteiger partial charge in [-0.2, -0.15) is 0 Å². The Kier molecular flexibility index (Phi) is 4.57. The van der Waals surface area contributed by atoms with Crippen molar-refractivity contribution >= 4 is 11.5 Å². The zero-order valence-corrected chi connectivity index (χ0v) is 11.1. The Morgan fingerprint density at radius 2 is 2.53 bits per heavy atom. The largest absolute Gasteiger partial charge is 0.409 e. The average Bonchev–Trinajstić information content (AvgIpc) is 2.47. The van der Waals surface area contributed by atoms with E-state index >= 15 is 0 Å². The maximum atomic E-state index is 8.69. The highest BCUT2D eigenvalue weighted by atomic mass is 16.5. The van der Waals surface area contributed by atoms with Crippen LogP contribution in [0.25, 0.3) is 0 Å². The van der Waals surface area contributed by atoms with Gasteiger partial charge in [-0.05, 0) is 30.9 Å². The number of oxime groups is 1. The molecule has 1 atom stereocenters. The third-order valence-electron chi connectivity index (χ3n) is 3.40. The molecule has 0 radical (unpaired) electrons. The number of anilines is 1. The minimum atomic E-state index is 0.0345. The molecule has 1 aliphatic rings. The van der Waals surface area contributed by atoms with Crippen LogP contribution >= 0.6 is 0 Å². The van der Waals surface area contributed by atoms with Crippen molar-refractivity contribution in [3.05, 3.63) is 24.0 Å². The average molecular weight is 264 g/mol. The molecule has 1 unspecified atom stereocenters. The molecule has 19 heavy (non-hydrogen) atoms. The van der Waals surface area contributed by atoms with E-state index < -0.39 is 0 Å². The summed E-state index contributed by atoms with van der Waals surface area (Å²) in [4.78, 5) is 6.39. The fourth-order valence-electron chi connectivity index (χ4n) is 2.48. The standard InChI is InChI=1S/C13H20N4O2/c1-19-9-10-3-2-6-17(8-10)11-4-5-15-12(7-11)13(14)16-18/h4-5,7,10,18H,2-3,6,8-9H2,1H3,(H2,14,16). The molecule has 104 valence electrons. The molecule has 1 saturated heterocycles. The zero-order valence-electron chi connectivity index (χ0n) is 11.1. The SMILES string of the molecule is COCC1CCCN(c2ccnc(/C(N)=N/O)c2)C1. The van der Waals surface area contributed by atoms with Gasteiger partial charge in [0.05, 0.1) is 6.61 Å². The molecule has 1 aromatic heterocycles. The second kappa shape index (κ2) is 6.38. The van der Waals surface area contributed by atoms with Crippen LogP contribution < -0.4 is 10.6 Å². The first kappa shape index (κ1) is 13.6. The second-order valence-corrected chi connectivity index (χ2v) is 4.79. The molecule has 1 aromatic rings. The van der Waals surface area contributed by atoms with E-state index in [0.29, 0.717) is 11.6 Å². The van der Waals surface area contributed by atoms with Gasteiger partial charge in [0, 0.05) is 32.1 Å². The number of aromatic nitrogens is 1. The fourth-order valence-corrected chi connectivity index (χ4v) is 2.48. The lowest BCUT2D eigenvalue weighted by Gasteiger charge is -2.34. The third-order valence-corrected chi connectivity index (χ3v) is 3.40. The Labute approximate surface area is 112 Å². The maximum Gasteiger partial charge on any atom is 0.188 e. The van der Waals surface area contributed by atoms with Crippen molar-refractivity contribution in [2.24, 2.45) is 16.8 Å². The lowest BCUT2D eigenvalue weighted by Crippen LogP contribution is -2.37. The van der Waals surface area contributed by atoms with E-state index in [-0.39, 0.29) is 5.84 Å². The van der Waals surface area contributed by atoms with Crippen LogP contribution in [-0.4, -0.2) is 42.8 Å². The van der Waals surface area contributed by atoms with Crippen LogP contribution in [0.2, 0.25) is 0 Å². The van der Waals surface area contributed by atoms with E-state index in [1.807, 2.05) is 12.1 Å². The lowest BCUT2D eigenvalue weighted by atomic mass is 9.98. The highest BCUT2D eigenvalue weighted by Crippen LogP contribution is 2.23. The van der Waals surface area contributed by atoms with E-state index in [1.54, 1.807) is 13.3 Å². The molecule has 0 amide bonds. The fraction of sp³-hybridized carbons (Fsp3) is 0.538. The summed E-state index contributed by atoms with van der Waals surface area (Å²) in [5.41, 5.74) is 7.11. The highest BCUT2D eigenvalue weighted by molar-refractivity contribution is 5.95. The van der Waals surface area contributed by atoms with Crippen LogP contribution in [0.3, 0.4) is 0 Å². The second-order valence-electron chi connectivity index (χ2n) is 4.79. The van der Waals surface area contributed by atoms with Gasteiger partial charge in [-0.3, -0.25) is 4.98 Å². The van der Waals surface area contributed by atoms with Gasteiger partial charge in [0.2, 0.25) is 0 Å². The summed E-state index contributed by atoms with van der Waals surface area (Å²) >= 11 is 0. The Hall–Kier alpha value is -1.82. The molecule has 6 nitrogen and oxygen atoms in total. The lowest BCUT2D eigenvalue weighted by molar-refractivity contribution is 0.143. The van der Waals surface area contributed by atoms with Crippen LogP contribution in [0.4, 0.5) is 5.69 Å². The van der Waals surface area contributed by atoms with Gasteiger partial charge in [0.25, 0.3) is 0 Å². The topological polar surface area (TPSA) is 84.0 Å². The molecule has 0 saturated carbocycles. The van der Waals surface area contributed by atoms with Crippen molar-refractivity contribution in [3.8, 4) is 0 Å². The van der Waals surface area contributed by atoms with E-state index in [4.69, 9.17) is 15.7 Å². The first-order valence-corrected chi connectivity index (χ1v) is 6.42. The van der Waals surface area contributed by atoms with Crippen molar-refractivity contribution in [1.29, 1.82) is 0 Å². The molecule has 1 aliphatic heterocycles. The van der Waals surface area contributed by atoms with E-state index in [1.165, 1.54) is 6.42 Å². The predicted octanol–water partition coefficient (Wildman–Crippen LogP) is 1.04. The summed E-state index contributed by atoms with van der Waals surface area (Å²) in [6, 6.07) is 3.80. The van der Waals surface area contributed by atoms with Crippen LogP contribution in [0, 0.1) is 5.92 Å². The molecule has 2 heterocycles. The summed E-state index contributed by atoms with van der Waals surface area (Å²) in [6.45, 7) is 2.77. The van der Waals surface area contributed by atoms with Crippen LogP contribution in [0.5, 0.6) is 0 Å². The van der Waals surface area contributed by atoms with Gasteiger partial charge in [-0.1, -0.05) is 5.16 Å². The molecule has 0 aliphatic carbocycles. The van der Waals surface area contributed by atoms with Gasteiger partial charge >= 0.3 is 0 Å². The van der Waals surface area contributed by atoms with Crippen LogP contribution in [0.15, 0.2) is 23.5 Å². The minimum absolute atomic E-state index is 0.0345. The van der Waals surface area contributed by atoms with Crippen LogP contribution in [-0.2, 0) is 4.74 Å². The van der Waals surface area contributed by atoms with Crippen molar-refractivity contribution in [3.63, 3.8) is 0 Å². The van der Waals surface area contributed by atoms with Crippen molar-refractivity contribution in [2.45, 2.75) is 12.8 Å². The number of nitrogens with zero attached hydrogens (tertiary/aromatic N) is 3. The summed E-state index contributed by atoms with van der Waals surface area (Å²) in [7, 11) is 1.74. The Bertz CT molecular complexity index is 448. The van der Waals surface area contributed by atoms with E-state index in [2.05, 4.69) is 15.0 Å². The number of nitrogens with two attached hydrogens (primary N) is 1. The molecule has 0 spiro atoms. The van der Waals surface area contributed by atoms with E-state index in [0.717, 1.165) is 31.8 Å². The smallest absolute Gasteiger partial charge is 0.188 e. The zero-order chi connectivity index (χ0) is 13.7. The number of rotatable bonds is 4. The number of methoxy groups -OCH3 is 1. The van der Waals surface area contributed by atoms with Crippen molar-refractivity contribution in [2.75, 3.05) is 31.7 Å². The highest BCUT2D eigenvalue weighted by Gasteiger charge is 2.20. The van der Waals surface area contributed by atoms with Gasteiger partial charge in [-0.15, -0.1) is 0 Å². The molecule has 2 rings (SSSR count). The van der Waals surface area contributed by atoms with Gasteiger partial charge in [-0.25, -0.2) is 0 Å². The Morgan fingerprint density at radius 3 is 3.26 bits per heavy atom. The molecule has 1 fully saturated rings. The maximum absolute atomic E-state index is 8.69. The first-order chi connectivity index (χ1) is 9.24. The Morgan fingerprint density at radius 1 is 1.68 bits per heavy atom. The minimum Gasteiger partial charge on any atom is -0.409 e. The summed E-state index contributed by atoms with van der Waals surface area (Å²) in [5.74, 6) is 0.589. The quantitative estimate of drug-likeness (QED) is 0.367. The van der Waals surface area contributed by atoms with Crippen molar-refractivity contribution < 1.29 is 9.94 Å². The van der Waals surface area contributed by atoms with Gasteiger partial charge in [0.15, 0.2) is 5.84 Å². The summed E-state index contributed by atoms with van der Waals surface area (Å²) < 4.78 is 5.23. The predicted molar refractivity (Wildman–Crippen MR) is 73.6 cm³/mol. The van der Waals surface area contributed by atoms with Crippen molar-refractivity contribution in [1.82, 2.24) is 4.98 Å². The normalized spacial score (nSPS) is 20.6. The number of hydrogen-bond acceptors (Lipinski definition) is 5. The Balaban J connectivity index is 2.12. The molecule has 0 aromatic carbocycles. The van der Waals surface area contributed by atoms with Gasteiger partial charge < -0.3 is 20.6 Å². The molecular formula is C13H20N4O2. The molecule has 3 N–H and O–H groups in total. The van der Waals surface area contributed by atoms with Gasteiger partial charge in [0.1, 0.15) is 5.69 Å². The van der Waals surface area contributed by atoms with E-state index in [9.17, 15) is 0 Å². The number of ether oxygens (including phenoxy) is 1. The summed E-state index contributed by atoms with van der Waals surface area (Å²) in [6.07, 6.45) is 4.03. The first-order valence-electron chi connectivity index (χ1n) is 6.42. The number of amidine groups is 1. The third kappa shape index (κ3) is 3.35. The number of piperidine rings is 1. The number of pyridine rings is 1. The molecular weight excluding hydrogens is 244 g/mol.